The van der Waals surface area contributed by atoms with Crippen molar-refractivity contribution in [2.75, 3.05) is 14.1 Å². The van der Waals surface area contributed by atoms with Gasteiger partial charge in [-0.05, 0) is 6.42 Å². The van der Waals surface area contributed by atoms with Gasteiger partial charge in [0.15, 0.2) is 0 Å². The monoisotopic (exact) mass is 171 g/mol. The van der Waals surface area contributed by atoms with Crippen LogP contribution in [-0.2, 0) is 9.59 Å². The van der Waals surface area contributed by atoms with Crippen molar-refractivity contribution >= 4 is 11.7 Å². The Labute approximate surface area is 73.7 Å². The number of rotatable bonds is 5. The van der Waals surface area contributed by atoms with Crippen molar-refractivity contribution in [3.05, 3.63) is 0 Å². The minimum Gasteiger partial charge on any atom is -0.342 e. The molecule has 0 N–H and O–H groups in total. The molecule has 3 nitrogen and oxygen atoms in total. The maximum atomic E-state index is 11.1. The van der Waals surface area contributed by atoms with Crippen LogP contribution in [0.4, 0.5) is 0 Å². The predicted molar refractivity (Wildman–Crippen MR) is 47.8 cm³/mol. The Kier molecular flexibility index (Phi) is 5.34. The van der Waals surface area contributed by atoms with E-state index in [1.165, 1.54) is 4.90 Å². The topological polar surface area (TPSA) is 37.4 Å². The first-order valence-corrected chi connectivity index (χ1v) is 4.34. The summed E-state index contributed by atoms with van der Waals surface area (Å²) in [7, 11) is 3.19. The van der Waals surface area contributed by atoms with Crippen LogP contribution in [0.5, 0.6) is 0 Å². The molecule has 0 saturated heterocycles. The third-order valence-electron chi connectivity index (χ3n) is 1.65. The number of ketones is 1. The van der Waals surface area contributed by atoms with E-state index in [-0.39, 0.29) is 11.7 Å². The summed E-state index contributed by atoms with van der Waals surface area (Å²) in [6, 6.07) is 0. The molecule has 1 amide bonds. The van der Waals surface area contributed by atoms with Gasteiger partial charge < -0.3 is 4.90 Å². The highest BCUT2D eigenvalue weighted by Crippen LogP contribution is 2.00. The molecule has 0 fully saturated rings. The van der Waals surface area contributed by atoms with Gasteiger partial charge in [-0.1, -0.05) is 19.8 Å². The summed E-state index contributed by atoms with van der Waals surface area (Å²) < 4.78 is 0. The molecule has 70 valence electrons. The summed E-state index contributed by atoms with van der Waals surface area (Å²) in [5.74, 6) is -0.653. The fourth-order valence-corrected chi connectivity index (χ4v) is 0.892. The molecular weight excluding hydrogens is 154 g/mol. The van der Waals surface area contributed by atoms with E-state index in [2.05, 4.69) is 6.92 Å². The van der Waals surface area contributed by atoms with E-state index >= 15 is 0 Å². The Bertz CT molecular complexity index is 164. The number of hydrogen-bond acceptors (Lipinski definition) is 2. The number of unbranched alkanes of at least 4 members (excludes halogenated alkanes) is 2. The van der Waals surface area contributed by atoms with E-state index in [1.807, 2.05) is 0 Å². The molecule has 0 radical (unpaired) electrons. The van der Waals surface area contributed by atoms with Crippen molar-refractivity contribution < 1.29 is 9.59 Å². The average Bonchev–Trinajstić information content (AvgIpc) is 2.03. The third kappa shape index (κ3) is 4.11. The molecule has 0 bridgehead atoms. The first-order valence-electron chi connectivity index (χ1n) is 4.34. The van der Waals surface area contributed by atoms with Crippen LogP contribution in [0.1, 0.15) is 32.6 Å². The molecule has 12 heavy (non-hydrogen) atoms. The SMILES string of the molecule is CCCCCC(=O)C(=O)N(C)C. The van der Waals surface area contributed by atoms with E-state index in [4.69, 9.17) is 0 Å². The lowest BCUT2D eigenvalue weighted by molar-refractivity contribution is -0.143. The first kappa shape index (κ1) is 11.1. The molecule has 0 aliphatic carbocycles. The molecule has 0 unspecified atom stereocenters. The molecule has 0 spiro atoms. The number of likely N-dealkylation sites (N-methyl/N-ethyl adjacent to an activating group) is 1. The van der Waals surface area contributed by atoms with Gasteiger partial charge in [-0.3, -0.25) is 9.59 Å². The number of Topliss-reactive ketones (excluding diaryl/α,β-unsaturated/α-hetero) is 1. The Balaban J connectivity index is 3.65. The summed E-state index contributed by atoms with van der Waals surface area (Å²) in [6.07, 6.45) is 3.32. The van der Waals surface area contributed by atoms with Gasteiger partial charge in [-0.2, -0.15) is 0 Å². The third-order valence-corrected chi connectivity index (χ3v) is 1.65. The largest absolute Gasteiger partial charge is 0.342 e. The van der Waals surface area contributed by atoms with Crippen molar-refractivity contribution in [2.45, 2.75) is 32.6 Å². The zero-order chi connectivity index (χ0) is 9.56. The van der Waals surface area contributed by atoms with E-state index in [9.17, 15) is 9.59 Å². The molecule has 0 aliphatic heterocycles. The number of hydrogen-bond donors (Lipinski definition) is 0. The van der Waals surface area contributed by atoms with Gasteiger partial charge in [-0.15, -0.1) is 0 Å². The second-order valence-corrected chi connectivity index (χ2v) is 3.08. The normalized spacial score (nSPS) is 9.58. The van der Waals surface area contributed by atoms with Crippen molar-refractivity contribution in [2.24, 2.45) is 0 Å². The molecule has 0 aliphatic rings. The second-order valence-electron chi connectivity index (χ2n) is 3.08. The lowest BCUT2D eigenvalue weighted by Crippen LogP contribution is -2.29. The van der Waals surface area contributed by atoms with Crippen molar-refractivity contribution in [3.63, 3.8) is 0 Å². The average molecular weight is 171 g/mol. The fourth-order valence-electron chi connectivity index (χ4n) is 0.892. The Hall–Kier alpha value is -0.860. The van der Waals surface area contributed by atoms with Crippen LogP contribution in [0.15, 0.2) is 0 Å². The summed E-state index contributed by atoms with van der Waals surface area (Å²) in [6.45, 7) is 2.07. The summed E-state index contributed by atoms with van der Waals surface area (Å²) in [4.78, 5) is 23.4. The highest BCUT2D eigenvalue weighted by molar-refractivity contribution is 6.35. The maximum absolute atomic E-state index is 11.1. The van der Waals surface area contributed by atoms with E-state index in [0.29, 0.717) is 6.42 Å². The molecule has 0 heterocycles. The van der Waals surface area contributed by atoms with Crippen LogP contribution in [0, 0.1) is 0 Å². The fraction of sp³-hybridized carbons (Fsp3) is 0.778. The summed E-state index contributed by atoms with van der Waals surface area (Å²) in [5, 5.41) is 0. The highest BCUT2D eigenvalue weighted by atomic mass is 16.2. The highest BCUT2D eigenvalue weighted by Gasteiger charge is 2.13. The van der Waals surface area contributed by atoms with Gasteiger partial charge >= 0.3 is 0 Å². The number of amides is 1. The lowest BCUT2D eigenvalue weighted by Gasteiger charge is -2.07. The van der Waals surface area contributed by atoms with Crippen LogP contribution in [0.25, 0.3) is 0 Å². The van der Waals surface area contributed by atoms with Gasteiger partial charge in [0.05, 0.1) is 0 Å². The van der Waals surface area contributed by atoms with Crippen LogP contribution in [-0.4, -0.2) is 30.7 Å². The van der Waals surface area contributed by atoms with Crippen molar-refractivity contribution in [1.29, 1.82) is 0 Å². The van der Waals surface area contributed by atoms with E-state index < -0.39 is 0 Å². The second kappa shape index (κ2) is 5.75. The quantitative estimate of drug-likeness (QED) is 0.461. The molecule has 3 heteroatoms. The summed E-state index contributed by atoms with van der Waals surface area (Å²) in [5.41, 5.74) is 0. The molecule has 0 saturated carbocycles. The Morgan fingerprint density at radius 2 is 1.75 bits per heavy atom. The first-order chi connectivity index (χ1) is 5.59. The lowest BCUT2D eigenvalue weighted by atomic mass is 10.1. The molecule has 0 atom stereocenters. The minimum atomic E-state index is -0.383. The molecule has 0 aromatic carbocycles. The number of carbonyl (C=O) groups excluding carboxylic acids is 2. The van der Waals surface area contributed by atoms with Crippen LogP contribution < -0.4 is 0 Å². The molecule has 0 aromatic heterocycles. The van der Waals surface area contributed by atoms with Gasteiger partial charge in [-0.25, -0.2) is 0 Å². The zero-order valence-corrected chi connectivity index (χ0v) is 8.09. The van der Waals surface area contributed by atoms with Crippen molar-refractivity contribution in [1.82, 2.24) is 4.90 Å². The molecular formula is C9H17NO2. The zero-order valence-electron chi connectivity index (χ0n) is 8.09. The number of carbonyl (C=O) groups is 2. The Morgan fingerprint density at radius 3 is 2.17 bits per heavy atom. The number of nitrogens with zero attached hydrogens (tertiary/aromatic N) is 1. The van der Waals surface area contributed by atoms with E-state index in [1.54, 1.807) is 14.1 Å². The van der Waals surface area contributed by atoms with Gasteiger partial charge in [0.25, 0.3) is 5.91 Å². The predicted octanol–water partition coefficient (Wildman–Crippen LogP) is 1.22. The van der Waals surface area contributed by atoms with E-state index in [0.717, 1.165) is 19.3 Å². The Morgan fingerprint density at radius 1 is 1.17 bits per heavy atom. The van der Waals surface area contributed by atoms with Crippen LogP contribution in [0.3, 0.4) is 0 Å². The van der Waals surface area contributed by atoms with Gasteiger partial charge in [0.2, 0.25) is 5.78 Å². The molecule has 0 rings (SSSR count). The van der Waals surface area contributed by atoms with Gasteiger partial charge in [0, 0.05) is 20.5 Å². The minimum absolute atomic E-state index is 0.270. The molecule has 0 aromatic rings. The smallest absolute Gasteiger partial charge is 0.289 e. The van der Waals surface area contributed by atoms with Crippen LogP contribution >= 0.6 is 0 Å². The standard InChI is InChI=1S/C9H17NO2/c1-4-5-6-7-8(11)9(12)10(2)3/h4-7H2,1-3H3. The summed E-state index contributed by atoms with van der Waals surface area (Å²) >= 11 is 0. The van der Waals surface area contributed by atoms with Crippen molar-refractivity contribution in [3.8, 4) is 0 Å². The van der Waals surface area contributed by atoms with Crippen LogP contribution in [0.2, 0.25) is 0 Å². The maximum Gasteiger partial charge on any atom is 0.289 e. The van der Waals surface area contributed by atoms with Gasteiger partial charge in [0.1, 0.15) is 0 Å².